The monoisotopic (exact) mass is 491 g/mol. The summed E-state index contributed by atoms with van der Waals surface area (Å²) in [5.41, 5.74) is 0.817. The minimum atomic E-state index is -3.78. The standard InChI is InChI=1S/C22H22ClN3O6S/c23-17-9-8-15(33(30,31)25-10-4-1-5-11-25)12-16(17)22(29)32-14-21(28)26-13-20(27)24-18-6-2-3-7-19(18)26/h2-3,6-9,12H,1,4-5,10-11,13-14H2,(H,24,27). The van der Waals surface area contributed by atoms with E-state index < -0.39 is 28.5 Å². The molecule has 1 fully saturated rings. The minimum absolute atomic E-state index is 0.00717. The summed E-state index contributed by atoms with van der Waals surface area (Å²) in [5.74, 6) is -1.90. The first-order valence-electron chi connectivity index (χ1n) is 10.4. The molecule has 11 heteroatoms. The molecule has 0 aromatic heterocycles. The van der Waals surface area contributed by atoms with Gasteiger partial charge in [-0.15, -0.1) is 0 Å². The average Bonchev–Trinajstić information content (AvgIpc) is 2.82. The van der Waals surface area contributed by atoms with Crippen LogP contribution in [0.15, 0.2) is 47.4 Å². The number of fused-ring (bicyclic) bond motifs is 1. The van der Waals surface area contributed by atoms with E-state index in [0.717, 1.165) is 19.3 Å². The fourth-order valence-electron chi connectivity index (χ4n) is 3.81. The second kappa shape index (κ2) is 9.50. The Morgan fingerprint density at radius 3 is 2.55 bits per heavy atom. The van der Waals surface area contributed by atoms with Gasteiger partial charge in [0.25, 0.3) is 5.91 Å². The fraction of sp³-hybridized carbons (Fsp3) is 0.318. The molecule has 33 heavy (non-hydrogen) atoms. The lowest BCUT2D eigenvalue weighted by atomic mass is 10.2. The third kappa shape index (κ3) is 4.87. The number of halogens is 1. The van der Waals surface area contributed by atoms with Gasteiger partial charge in [-0.05, 0) is 43.2 Å². The van der Waals surface area contributed by atoms with Crippen LogP contribution in [0.25, 0.3) is 0 Å². The summed E-state index contributed by atoms with van der Waals surface area (Å²) >= 11 is 6.12. The molecule has 1 saturated heterocycles. The zero-order valence-corrected chi connectivity index (χ0v) is 19.2. The lowest BCUT2D eigenvalue weighted by Gasteiger charge is -2.28. The first-order valence-corrected chi connectivity index (χ1v) is 12.3. The van der Waals surface area contributed by atoms with Gasteiger partial charge in [-0.2, -0.15) is 4.31 Å². The molecule has 9 nitrogen and oxygen atoms in total. The second-order valence-corrected chi connectivity index (χ2v) is 10.1. The molecule has 0 radical (unpaired) electrons. The summed E-state index contributed by atoms with van der Waals surface area (Å²) in [6.45, 7) is -0.00808. The molecule has 0 saturated carbocycles. The molecule has 0 unspecified atom stereocenters. The topological polar surface area (TPSA) is 113 Å². The summed E-state index contributed by atoms with van der Waals surface area (Å²) in [7, 11) is -3.78. The van der Waals surface area contributed by atoms with Crippen molar-refractivity contribution in [2.24, 2.45) is 0 Å². The largest absolute Gasteiger partial charge is 0.452 e. The van der Waals surface area contributed by atoms with Crippen molar-refractivity contribution in [3.8, 4) is 0 Å². The van der Waals surface area contributed by atoms with Crippen molar-refractivity contribution in [1.29, 1.82) is 0 Å². The molecule has 2 heterocycles. The maximum absolute atomic E-state index is 12.9. The lowest BCUT2D eigenvalue weighted by molar-refractivity contribution is -0.124. The zero-order chi connectivity index (χ0) is 23.6. The van der Waals surface area contributed by atoms with Crippen LogP contribution in [-0.2, 0) is 24.3 Å². The van der Waals surface area contributed by atoms with E-state index in [0.29, 0.717) is 24.5 Å². The van der Waals surface area contributed by atoms with Crippen LogP contribution in [0.1, 0.15) is 29.6 Å². The predicted molar refractivity (Wildman–Crippen MR) is 122 cm³/mol. The van der Waals surface area contributed by atoms with E-state index in [1.165, 1.54) is 27.4 Å². The molecule has 2 aromatic rings. The predicted octanol–water partition coefficient (Wildman–Crippen LogP) is 2.66. The number of benzene rings is 2. The van der Waals surface area contributed by atoms with Crippen LogP contribution >= 0.6 is 11.6 Å². The number of ether oxygens (including phenoxy) is 1. The number of carbonyl (C=O) groups excluding carboxylic acids is 3. The van der Waals surface area contributed by atoms with E-state index in [1.807, 2.05) is 0 Å². The van der Waals surface area contributed by atoms with Gasteiger partial charge in [-0.3, -0.25) is 14.5 Å². The van der Waals surface area contributed by atoms with Crippen molar-refractivity contribution in [2.75, 3.05) is 36.5 Å². The quantitative estimate of drug-likeness (QED) is 0.643. The molecule has 0 atom stereocenters. The molecule has 2 amide bonds. The van der Waals surface area contributed by atoms with E-state index in [9.17, 15) is 22.8 Å². The molecule has 4 rings (SSSR count). The van der Waals surface area contributed by atoms with Crippen molar-refractivity contribution < 1.29 is 27.5 Å². The van der Waals surface area contributed by atoms with Gasteiger partial charge in [0.1, 0.15) is 6.54 Å². The molecule has 0 bridgehead atoms. The first-order chi connectivity index (χ1) is 15.8. The van der Waals surface area contributed by atoms with E-state index >= 15 is 0 Å². The van der Waals surface area contributed by atoms with Crippen LogP contribution in [0, 0.1) is 0 Å². The Bertz CT molecular complexity index is 1210. The Hall–Kier alpha value is -2.95. The number of esters is 1. The first kappa shape index (κ1) is 23.2. The highest BCUT2D eigenvalue weighted by molar-refractivity contribution is 7.89. The van der Waals surface area contributed by atoms with Gasteiger partial charge in [-0.1, -0.05) is 30.2 Å². The number of rotatable bonds is 5. The van der Waals surface area contributed by atoms with Crippen molar-refractivity contribution in [3.05, 3.63) is 53.1 Å². The number of sulfonamides is 1. The number of hydrogen-bond donors (Lipinski definition) is 1. The zero-order valence-electron chi connectivity index (χ0n) is 17.6. The van der Waals surface area contributed by atoms with Crippen molar-refractivity contribution in [2.45, 2.75) is 24.2 Å². The fourth-order valence-corrected chi connectivity index (χ4v) is 5.55. The van der Waals surface area contributed by atoms with Gasteiger partial charge in [-0.25, -0.2) is 13.2 Å². The number of carbonyl (C=O) groups is 3. The Balaban J connectivity index is 1.48. The van der Waals surface area contributed by atoms with Crippen LogP contribution < -0.4 is 10.2 Å². The van der Waals surface area contributed by atoms with E-state index in [1.54, 1.807) is 24.3 Å². The van der Waals surface area contributed by atoms with Crippen LogP contribution in [0.5, 0.6) is 0 Å². The second-order valence-electron chi connectivity index (χ2n) is 7.73. The molecule has 174 valence electrons. The Morgan fingerprint density at radius 2 is 1.79 bits per heavy atom. The number of para-hydroxylation sites is 2. The Morgan fingerprint density at radius 1 is 1.06 bits per heavy atom. The average molecular weight is 492 g/mol. The minimum Gasteiger partial charge on any atom is -0.452 e. The number of nitrogens with zero attached hydrogens (tertiary/aromatic N) is 2. The van der Waals surface area contributed by atoms with E-state index in [2.05, 4.69) is 5.32 Å². The smallest absolute Gasteiger partial charge is 0.340 e. The number of piperidine rings is 1. The summed E-state index contributed by atoms with van der Waals surface area (Å²) in [6, 6.07) is 10.6. The molecule has 2 aliphatic heterocycles. The maximum Gasteiger partial charge on any atom is 0.340 e. The van der Waals surface area contributed by atoms with Crippen LogP contribution in [0.4, 0.5) is 11.4 Å². The third-order valence-corrected chi connectivity index (χ3v) is 7.73. The van der Waals surface area contributed by atoms with Gasteiger partial charge in [0.05, 0.1) is 26.9 Å². The van der Waals surface area contributed by atoms with Gasteiger partial charge in [0.2, 0.25) is 15.9 Å². The van der Waals surface area contributed by atoms with Crippen molar-refractivity contribution in [1.82, 2.24) is 4.31 Å². The highest BCUT2D eigenvalue weighted by atomic mass is 35.5. The number of nitrogens with one attached hydrogen (secondary N) is 1. The van der Waals surface area contributed by atoms with Crippen LogP contribution in [0.2, 0.25) is 5.02 Å². The number of anilines is 2. The third-order valence-electron chi connectivity index (χ3n) is 5.51. The number of hydrogen-bond acceptors (Lipinski definition) is 6. The van der Waals surface area contributed by atoms with Gasteiger partial charge < -0.3 is 10.1 Å². The summed E-state index contributed by atoms with van der Waals surface area (Å²) in [5, 5.41) is 2.68. The van der Waals surface area contributed by atoms with Crippen LogP contribution in [0.3, 0.4) is 0 Å². The highest BCUT2D eigenvalue weighted by Gasteiger charge is 2.29. The Kier molecular flexibility index (Phi) is 6.68. The normalized spacial score (nSPS) is 16.6. The van der Waals surface area contributed by atoms with Gasteiger partial charge >= 0.3 is 5.97 Å². The molecule has 2 aliphatic rings. The molecule has 0 spiro atoms. The van der Waals surface area contributed by atoms with Gasteiger partial charge in [0.15, 0.2) is 6.61 Å². The molecule has 2 aromatic carbocycles. The highest BCUT2D eigenvalue weighted by Crippen LogP contribution is 2.29. The van der Waals surface area contributed by atoms with Crippen LogP contribution in [-0.4, -0.2) is 56.7 Å². The molecular formula is C22H22ClN3O6S. The maximum atomic E-state index is 12.9. The molecule has 1 N–H and O–H groups in total. The molecule has 0 aliphatic carbocycles. The lowest BCUT2D eigenvalue weighted by Crippen LogP contribution is -2.44. The Labute approximate surface area is 196 Å². The van der Waals surface area contributed by atoms with Crippen molar-refractivity contribution in [3.63, 3.8) is 0 Å². The summed E-state index contributed by atoms with van der Waals surface area (Å²) < 4.78 is 32.4. The van der Waals surface area contributed by atoms with Gasteiger partial charge in [0, 0.05) is 13.1 Å². The summed E-state index contributed by atoms with van der Waals surface area (Å²) in [4.78, 5) is 38.4. The number of amides is 2. The van der Waals surface area contributed by atoms with E-state index in [4.69, 9.17) is 16.3 Å². The molecular weight excluding hydrogens is 470 g/mol. The van der Waals surface area contributed by atoms with Crippen molar-refractivity contribution >= 4 is 50.8 Å². The van der Waals surface area contributed by atoms with E-state index in [-0.39, 0.29) is 27.9 Å². The SMILES string of the molecule is O=C1CN(C(=O)COC(=O)c2cc(S(=O)(=O)N3CCCCC3)ccc2Cl)c2ccccc2N1. The summed E-state index contributed by atoms with van der Waals surface area (Å²) in [6.07, 6.45) is 2.53.